The van der Waals surface area contributed by atoms with Crippen molar-refractivity contribution < 1.29 is 4.79 Å². The van der Waals surface area contributed by atoms with Crippen LogP contribution in [0.3, 0.4) is 0 Å². The van der Waals surface area contributed by atoms with Gasteiger partial charge in [0.15, 0.2) is 0 Å². The second-order valence-corrected chi connectivity index (χ2v) is 6.39. The first-order valence-electron chi connectivity index (χ1n) is 6.89. The highest BCUT2D eigenvalue weighted by atomic mass is 32.2. The Balaban J connectivity index is 2.97. The summed E-state index contributed by atoms with van der Waals surface area (Å²) >= 11 is 1.64. The standard InChI is InChI=1S/C16H19N3OS/c1-13(2)21-15-8-4-3-7-14(15)16(20)19(11-5-9-17)12-6-10-18/h3-4,7-8,13H,5-6,11-12H2,1-2H3. The maximum absolute atomic E-state index is 12.7. The lowest BCUT2D eigenvalue weighted by atomic mass is 10.2. The van der Waals surface area contributed by atoms with Gasteiger partial charge in [0, 0.05) is 23.2 Å². The van der Waals surface area contributed by atoms with E-state index in [0.29, 0.717) is 23.9 Å². The van der Waals surface area contributed by atoms with Gasteiger partial charge in [-0.15, -0.1) is 11.8 Å². The quantitative estimate of drug-likeness (QED) is 0.723. The molecule has 0 spiro atoms. The van der Waals surface area contributed by atoms with Crippen LogP contribution in [0.1, 0.15) is 37.0 Å². The zero-order valence-corrected chi connectivity index (χ0v) is 13.2. The minimum absolute atomic E-state index is 0.107. The second-order valence-electron chi connectivity index (χ2n) is 4.77. The summed E-state index contributed by atoms with van der Waals surface area (Å²) in [6, 6.07) is 11.6. The van der Waals surface area contributed by atoms with Crippen molar-refractivity contribution in [3.63, 3.8) is 0 Å². The smallest absolute Gasteiger partial charge is 0.255 e. The monoisotopic (exact) mass is 301 g/mol. The van der Waals surface area contributed by atoms with Crippen LogP contribution in [0.25, 0.3) is 0 Å². The lowest BCUT2D eigenvalue weighted by Crippen LogP contribution is -2.33. The predicted molar refractivity (Wildman–Crippen MR) is 83.8 cm³/mol. The molecule has 1 rings (SSSR count). The van der Waals surface area contributed by atoms with Gasteiger partial charge < -0.3 is 4.90 Å². The maximum Gasteiger partial charge on any atom is 0.255 e. The Bertz CT molecular complexity index is 539. The molecule has 5 heteroatoms. The Morgan fingerprint density at radius 3 is 2.29 bits per heavy atom. The Hall–Kier alpha value is -1.98. The summed E-state index contributed by atoms with van der Waals surface area (Å²) in [6.45, 7) is 4.87. The topological polar surface area (TPSA) is 67.9 Å². The van der Waals surface area contributed by atoms with Crippen LogP contribution in [0, 0.1) is 22.7 Å². The van der Waals surface area contributed by atoms with Gasteiger partial charge in [-0.2, -0.15) is 10.5 Å². The number of carbonyl (C=O) groups excluding carboxylic acids is 1. The number of carbonyl (C=O) groups is 1. The van der Waals surface area contributed by atoms with Crippen LogP contribution in [0.5, 0.6) is 0 Å². The van der Waals surface area contributed by atoms with E-state index in [1.165, 1.54) is 0 Å². The Labute approximate surface area is 130 Å². The number of nitrogens with zero attached hydrogens (tertiary/aromatic N) is 3. The summed E-state index contributed by atoms with van der Waals surface area (Å²) in [6.07, 6.45) is 0.549. The average Bonchev–Trinajstić information content (AvgIpc) is 2.47. The number of rotatable bonds is 7. The van der Waals surface area contributed by atoms with Crippen molar-refractivity contribution in [2.24, 2.45) is 0 Å². The molecule has 1 aromatic carbocycles. The van der Waals surface area contributed by atoms with Crippen LogP contribution in [0.2, 0.25) is 0 Å². The molecule has 0 bridgehead atoms. The van der Waals surface area contributed by atoms with Crippen molar-refractivity contribution in [1.82, 2.24) is 4.90 Å². The van der Waals surface area contributed by atoms with Gasteiger partial charge in [-0.1, -0.05) is 26.0 Å². The summed E-state index contributed by atoms with van der Waals surface area (Å²) in [5.74, 6) is -0.107. The molecule has 0 aromatic heterocycles. The van der Waals surface area contributed by atoms with Crippen molar-refractivity contribution in [2.45, 2.75) is 36.8 Å². The minimum Gasteiger partial charge on any atom is -0.337 e. The Morgan fingerprint density at radius 2 is 1.76 bits per heavy atom. The minimum atomic E-state index is -0.107. The SMILES string of the molecule is CC(C)Sc1ccccc1C(=O)N(CCC#N)CCC#N. The molecular formula is C16H19N3OS. The fourth-order valence-corrected chi connectivity index (χ4v) is 2.80. The van der Waals surface area contributed by atoms with Crippen LogP contribution >= 0.6 is 11.8 Å². The van der Waals surface area contributed by atoms with Gasteiger partial charge in [0.2, 0.25) is 0 Å². The second kappa shape index (κ2) is 9.05. The largest absolute Gasteiger partial charge is 0.337 e. The third-order valence-corrected chi connectivity index (χ3v) is 3.84. The molecule has 0 aliphatic rings. The summed E-state index contributed by atoms with van der Waals surface area (Å²) in [7, 11) is 0. The summed E-state index contributed by atoms with van der Waals surface area (Å²) < 4.78 is 0. The highest BCUT2D eigenvalue weighted by Gasteiger charge is 2.18. The molecule has 0 aliphatic heterocycles. The van der Waals surface area contributed by atoms with Gasteiger partial charge in [0.25, 0.3) is 5.91 Å². The van der Waals surface area contributed by atoms with E-state index in [4.69, 9.17) is 10.5 Å². The fourth-order valence-electron chi connectivity index (χ4n) is 1.86. The number of nitriles is 2. The Morgan fingerprint density at radius 1 is 1.19 bits per heavy atom. The number of hydrogen-bond acceptors (Lipinski definition) is 4. The van der Waals surface area contributed by atoms with Crippen molar-refractivity contribution in [3.05, 3.63) is 29.8 Å². The van der Waals surface area contributed by atoms with E-state index in [-0.39, 0.29) is 18.7 Å². The van der Waals surface area contributed by atoms with Gasteiger partial charge in [0.05, 0.1) is 30.5 Å². The van der Waals surface area contributed by atoms with E-state index >= 15 is 0 Å². The molecule has 0 fully saturated rings. The molecule has 110 valence electrons. The van der Waals surface area contributed by atoms with Crippen molar-refractivity contribution in [2.75, 3.05) is 13.1 Å². The van der Waals surface area contributed by atoms with Crippen LogP contribution in [0.15, 0.2) is 29.2 Å². The van der Waals surface area contributed by atoms with E-state index < -0.39 is 0 Å². The first kappa shape index (κ1) is 17.1. The summed E-state index contributed by atoms with van der Waals surface area (Å²) in [4.78, 5) is 15.2. The molecule has 21 heavy (non-hydrogen) atoms. The first-order chi connectivity index (χ1) is 10.1. The number of hydrogen-bond donors (Lipinski definition) is 0. The van der Waals surface area contributed by atoms with Gasteiger partial charge in [0.1, 0.15) is 0 Å². The zero-order chi connectivity index (χ0) is 15.7. The average molecular weight is 301 g/mol. The molecule has 0 saturated carbocycles. The van der Waals surface area contributed by atoms with Gasteiger partial charge in [-0.3, -0.25) is 4.79 Å². The molecule has 0 aliphatic carbocycles. The van der Waals surface area contributed by atoms with E-state index in [0.717, 1.165) is 4.90 Å². The summed E-state index contributed by atoms with van der Waals surface area (Å²) in [5, 5.41) is 17.8. The number of amides is 1. The van der Waals surface area contributed by atoms with Crippen LogP contribution in [-0.4, -0.2) is 29.1 Å². The van der Waals surface area contributed by atoms with Gasteiger partial charge in [-0.25, -0.2) is 0 Å². The van der Waals surface area contributed by atoms with Crippen molar-refractivity contribution in [1.29, 1.82) is 10.5 Å². The Kier molecular flexibility index (Phi) is 7.36. The predicted octanol–water partition coefficient (Wildman–Crippen LogP) is 3.46. The molecule has 0 unspecified atom stereocenters. The van der Waals surface area contributed by atoms with Crippen molar-refractivity contribution >= 4 is 17.7 Å². The van der Waals surface area contributed by atoms with Gasteiger partial charge in [-0.05, 0) is 12.1 Å². The molecule has 0 atom stereocenters. The first-order valence-corrected chi connectivity index (χ1v) is 7.77. The van der Waals surface area contributed by atoms with E-state index in [9.17, 15) is 4.79 Å². The molecule has 0 radical (unpaired) electrons. The molecule has 0 saturated heterocycles. The fraction of sp³-hybridized carbons (Fsp3) is 0.438. The van der Waals surface area contributed by atoms with E-state index in [1.54, 1.807) is 22.7 Å². The molecule has 4 nitrogen and oxygen atoms in total. The highest BCUT2D eigenvalue weighted by molar-refractivity contribution is 8.00. The number of benzene rings is 1. The molecule has 0 heterocycles. The van der Waals surface area contributed by atoms with E-state index in [1.807, 2.05) is 30.3 Å². The molecular weight excluding hydrogens is 282 g/mol. The van der Waals surface area contributed by atoms with Crippen LogP contribution in [-0.2, 0) is 0 Å². The van der Waals surface area contributed by atoms with Crippen molar-refractivity contribution in [3.8, 4) is 12.1 Å². The van der Waals surface area contributed by atoms with Crippen LogP contribution < -0.4 is 0 Å². The lowest BCUT2D eigenvalue weighted by Gasteiger charge is -2.22. The molecule has 0 N–H and O–H groups in total. The van der Waals surface area contributed by atoms with Crippen LogP contribution in [0.4, 0.5) is 0 Å². The van der Waals surface area contributed by atoms with E-state index in [2.05, 4.69) is 13.8 Å². The third-order valence-electron chi connectivity index (χ3n) is 2.75. The number of thioether (sulfide) groups is 1. The zero-order valence-electron chi connectivity index (χ0n) is 12.4. The summed E-state index contributed by atoms with van der Waals surface area (Å²) in [5.41, 5.74) is 0.645. The third kappa shape index (κ3) is 5.49. The van der Waals surface area contributed by atoms with Gasteiger partial charge >= 0.3 is 0 Å². The highest BCUT2D eigenvalue weighted by Crippen LogP contribution is 2.27. The lowest BCUT2D eigenvalue weighted by molar-refractivity contribution is 0.0759. The molecule has 1 aromatic rings. The normalized spacial score (nSPS) is 9.95. The maximum atomic E-state index is 12.7. The molecule has 1 amide bonds.